The zero-order chi connectivity index (χ0) is 40.4. The Morgan fingerprint density at radius 1 is 0.895 bits per heavy atom. The van der Waals surface area contributed by atoms with Crippen molar-refractivity contribution in [1.29, 1.82) is 5.26 Å². The number of ketones is 1. The number of anilines is 1. The summed E-state index contributed by atoms with van der Waals surface area (Å²) in [5.74, 6) is 0.0944. The minimum Gasteiger partial charge on any atom is -0.489 e. The topological polar surface area (TPSA) is 143 Å². The van der Waals surface area contributed by atoms with E-state index in [1.165, 1.54) is 0 Å². The summed E-state index contributed by atoms with van der Waals surface area (Å²) in [5, 5.41) is 11.9. The third kappa shape index (κ3) is 7.25. The molecule has 0 radical (unpaired) electrons. The Labute approximate surface area is 339 Å². The molecule has 4 heterocycles. The van der Waals surface area contributed by atoms with Crippen molar-refractivity contribution in [3.05, 3.63) is 58.1 Å². The predicted molar refractivity (Wildman–Crippen MR) is 214 cm³/mol. The molecule has 1 atom stereocenters. The molecule has 2 saturated carbocycles. The van der Waals surface area contributed by atoms with Crippen LogP contribution in [0.3, 0.4) is 0 Å². The number of piperazine rings is 1. The number of fused-ring (bicyclic) bond motifs is 1. The van der Waals surface area contributed by atoms with Gasteiger partial charge in [0, 0.05) is 80.1 Å². The Balaban J connectivity index is 0.756. The number of benzene rings is 2. The molecular formula is C44H53ClN6O6. The van der Waals surface area contributed by atoms with E-state index in [9.17, 15) is 29.2 Å². The Kier molecular flexibility index (Phi) is 10.5. The van der Waals surface area contributed by atoms with Crippen molar-refractivity contribution in [1.82, 2.24) is 20.0 Å². The molecule has 2 aromatic carbocycles. The molecule has 0 bridgehead atoms. The van der Waals surface area contributed by atoms with E-state index in [1.54, 1.807) is 30.3 Å². The second-order valence-electron chi connectivity index (χ2n) is 18.4. The third-order valence-electron chi connectivity index (χ3n) is 14.3. The number of hydrogen-bond acceptors (Lipinski definition) is 10. The third-order valence-corrected chi connectivity index (χ3v) is 14.6. The monoisotopic (exact) mass is 796 g/mol. The first kappa shape index (κ1) is 39.5. The van der Waals surface area contributed by atoms with Crippen LogP contribution in [0.4, 0.5) is 5.69 Å². The maximum Gasteiger partial charge on any atom is 0.262 e. The number of carbonyl (C=O) groups excluding carboxylic acids is 5. The number of nitriles is 1. The number of likely N-dealkylation sites (tertiary alicyclic amines) is 1. The van der Waals surface area contributed by atoms with Crippen molar-refractivity contribution in [2.24, 2.45) is 28.6 Å². The first-order chi connectivity index (χ1) is 27.1. The maximum atomic E-state index is 13.6. The van der Waals surface area contributed by atoms with E-state index in [1.807, 2.05) is 6.07 Å². The summed E-state index contributed by atoms with van der Waals surface area (Å²) in [6.45, 7) is 15.5. The number of amides is 4. The lowest BCUT2D eigenvalue weighted by Crippen LogP contribution is -2.66. The lowest BCUT2D eigenvalue weighted by Gasteiger charge is -2.63. The van der Waals surface area contributed by atoms with Gasteiger partial charge in [-0.15, -0.1) is 0 Å². The summed E-state index contributed by atoms with van der Waals surface area (Å²) >= 11 is 6.27. The largest absolute Gasteiger partial charge is 0.489 e. The molecule has 2 aromatic rings. The van der Waals surface area contributed by atoms with Gasteiger partial charge in [-0.2, -0.15) is 5.26 Å². The SMILES string of the molecule is CC1(C)C(CC(=O)C2CC(N3CCC(CN4CCN(c5ccc6c(c5)C(=O)N(C5CCC(=O)NC5=O)C6=O)CC4)CC3)C2)C(C)(C)C1Oc1ccc(C#N)c(Cl)c1. The molecule has 1 unspecified atom stereocenters. The van der Waals surface area contributed by atoms with E-state index in [0.717, 1.165) is 82.1 Å². The Hall–Kier alpha value is -4.31. The number of carbonyl (C=O) groups is 5. The minimum absolute atomic E-state index is 0.0718. The fourth-order valence-electron chi connectivity index (χ4n) is 11.0. The van der Waals surface area contributed by atoms with Crippen LogP contribution in [0, 0.1) is 39.9 Å². The zero-order valence-electron chi connectivity index (χ0n) is 33.4. The fourth-order valence-corrected chi connectivity index (χ4v) is 11.3. The number of Topliss-reactive ketones (excluding diaryl/α,β-unsaturated/α-hetero) is 1. The van der Waals surface area contributed by atoms with Gasteiger partial charge in [-0.3, -0.25) is 39.1 Å². The van der Waals surface area contributed by atoms with Crippen LogP contribution in [0.1, 0.15) is 98.9 Å². The quantitative estimate of drug-likeness (QED) is 0.314. The van der Waals surface area contributed by atoms with Crippen LogP contribution in [0.25, 0.3) is 0 Å². The maximum absolute atomic E-state index is 13.6. The highest BCUT2D eigenvalue weighted by Crippen LogP contribution is 2.62. The summed E-state index contributed by atoms with van der Waals surface area (Å²) in [6.07, 6.45) is 4.99. The lowest BCUT2D eigenvalue weighted by atomic mass is 9.44. The number of nitrogens with zero attached hydrogens (tertiary/aromatic N) is 5. The van der Waals surface area contributed by atoms with Crippen molar-refractivity contribution in [3.63, 3.8) is 0 Å². The fraction of sp³-hybridized carbons (Fsp3) is 0.591. The van der Waals surface area contributed by atoms with Crippen LogP contribution < -0.4 is 15.0 Å². The molecule has 8 rings (SSSR count). The molecule has 0 aromatic heterocycles. The number of halogens is 1. The van der Waals surface area contributed by atoms with Crippen molar-refractivity contribution < 1.29 is 28.7 Å². The standard InChI is InChI=1S/C44H53ClN6O6/c1-43(2)37(44(3,4)42(43)57-31-7-5-27(24-46)34(45)22-31)23-36(52)28-19-30(20-28)49-13-11-26(12-14-49)25-48-15-17-50(18-16-48)29-6-8-32-33(21-29)41(56)51(40(32)55)35-9-10-38(53)47-39(35)54/h5-8,21-22,26,28,30,35,37,42H,9-20,23,25H2,1-4H3,(H,47,53,54). The molecule has 12 nitrogen and oxygen atoms in total. The summed E-state index contributed by atoms with van der Waals surface area (Å²) in [7, 11) is 0. The van der Waals surface area contributed by atoms with Gasteiger partial charge in [0.25, 0.3) is 11.8 Å². The van der Waals surface area contributed by atoms with Crippen molar-refractivity contribution in [3.8, 4) is 11.8 Å². The molecule has 13 heteroatoms. The smallest absolute Gasteiger partial charge is 0.262 e. The number of ether oxygens (including phenoxy) is 1. The van der Waals surface area contributed by atoms with Crippen LogP contribution in [0.2, 0.25) is 5.02 Å². The minimum atomic E-state index is -0.966. The van der Waals surface area contributed by atoms with E-state index in [4.69, 9.17) is 16.3 Å². The van der Waals surface area contributed by atoms with Crippen LogP contribution in [0.15, 0.2) is 36.4 Å². The Bertz CT molecular complexity index is 2010. The molecule has 5 fully saturated rings. The molecule has 6 aliphatic rings. The highest BCUT2D eigenvalue weighted by atomic mass is 35.5. The van der Waals surface area contributed by atoms with Gasteiger partial charge in [-0.05, 0) is 87.4 Å². The van der Waals surface area contributed by atoms with Gasteiger partial charge in [0.1, 0.15) is 29.7 Å². The number of rotatable bonds is 10. The van der Waals surface area contributed by atoms with Crippen molar-refractivity contribution >= 4 is 46.7 Å². The second-order valence-corrected chi connectivity index (χ2v) is 18.8. The molecule has 0 spiro atoms. The molecule has 57 heavy (non-hydrogen) atoms. The summed E-state index contributed by atoms with van der Waals surface area (Å²) < 4.78 is 6.44. The molecular weight excluding hydrogens is 744 g/mol. The second kappa shape index (κ2) is 15.1. The first-order valence-corrected chi connectivity index (χ1v) is 21.0. The summed E-state index contributed by atoms with van der Waals surface area (Å²) in [6, 6.07) is 12.2. The van der Waals surface area contributed by atoms with Gasteiger partial charge in [0.05, 0.1) is 21.7 Å². The van der Waals surface area contributed by atoms with Gasteiger partial charge in [-0.25, -0.2) is 0 Å². The van der Waals surface area contributed by atoms with Crippen molar-refractivity contribution in [2.45, 2.75) is 90.8 Å². The molecule has 302 valence electrons. The normalized spacial score (nSPS) is 28.9. The van der Waals surface area contributed by atoms with Gasteiger partial charge >= 0.3 is 0 Å². The number of imide groups is 2. The number of hydrogen-bond donors (Lipinski definition) is 1. The predicted octanol–water partition coefficient (Wildman–Crippen LogP) is 5.31. The molecule has 2 aliphatic carbocycles. The van der Waals surface area contributed by atoms with Gasteiger partial charge < -0.3 is 14.5 Å². The van der Waals surface area contributed by atoms with E-state index in [2.05, 4.69) is 53.8 Å². The van der Waals surface area contributed by atoms with E-state index < -0.39 is 23.8 Å². The van der Waals surface area contributed by atoms with E-state index in [0.29, 0.717) is 51.6 Å². The molecule has 4 amide bonds. The van der Waals surface area contributed by atoms with E-state index >= 15 is 0 Å². The van der Waals surface area contributed by atoms with Gasteiger partial charge in [0.15, 0.2) is 0 Å². The molecule has 1 N–H and O–H groups in total. The lowest BCUT2D eigenvalue weighted by molar-refractivity contribution is -0.202. The van der Waals surface area contributed by atoms with E-state index in [-0.39, 0.29) is 47.5 Å². The van der Waals surface area contributed by atoms with Crippen LogP contribution >= 0.6 is 11.6 Å². The van der Waals surface area contributed by atoms with Crippen molar-refractivity contribution in [2.75, 3.05) is 50.7 Å². The number of nitrogens with one attached hydrogen (secondary N) is 1. The number of piperidine rings is 2. The Morgan fingerprint density at radius 2 is 1.58 bits per heavy atom. The van der Waals surface area contributed by atoms with Crippen LogP contribution in [-0.4, -0.2) is 108 Å². The molecule has 4 aliphatic heterocycles. The Morgan fingerprint density at radius 3 is 2.23 bits per heavy atom. The highest BCUT2D eigenvalue weighted by Gasteiger charge is 2.64. The summed E-state index contributed by atoms with van der Waals surface area (Å²) in [5.41, 5.74) is 1.59. The summed E-state index contributed by atoms with van der Waals surface area (Å²) in [4.78, 5) is 72.5. The average Bonchev–Trinajstić information content (AvgIpc) is 3.41. The first-order valence-electron chi connectivity index (χ1n) is 20.6. The van der Waals surface area contributed by atoms with Crippen LogP contribution in [-0.2, 0) is 14.4 Å². The van der Waals surface area contributed by atoms with Gasteiger partial charge in [-0.1, -0.05) is 39.3 Å². The average molecular weight is 797 g/mol. The molecule has 3 saturated heterocycles. The zero-order valence-corrected chi connectivity index (χ0v) is 34.1. The van der Waals surface area contributed by atoms with Crippen LogP contribution in [0.5, 0.6) is 5.75 Å². The highest BCUT2D eigenvalue weighted by molar-refractivity contribution is 6.31. The van der Waals surface area contributed by atoms with Gasteiger partial charge in [0.2, 0.25) is 11.8 Å².